The quantitative estimate of drug-likeness (QED) is 0.694. The van der Waals surface area contributed by atoms with Gasteiger partial charge in [-0.05, 0) is 81.2 Å². The zero-order valence-corrected chi connectivity index (χ0v) is 17.2. The zero-order valence-electron chi connectivity index (χ0n) is 17.2. The van der Waals surface area contributed by atoms with Gasteiger partial charge < -0.3 is 9.80 Å². The Morgan fingerprint density at radius 3 is 2.54 bits per heavy atom. The topological polar surface area (TPSA) is 23.6 Å². The van der Waals surface area contributed by atoms with Gasteiger partial charge in [-0.2, -0.15) is 0 Å². The Hall–Kier alpha value is -0.830. The lowest BCUT2D eigenvalue weighted by molar-refractivity contribution is -0.138. The van der Waals surface area contributed by atoms with Crippen LogP contribution >= 0.6 is 0 Å². The lowest BCUT2D eigenvalue weighted by Crippen LogP contribution is -2.45. The molecule has 0 aromatic carbocycles. The van der Waals surface area contributed by atoms with E-state index in [0.717, 1.165) is 38.4 Å². The predicted molar refractivity (Wildman–Crippen MR) is 107 cm³/mol. The molecule has 4 aliphatic rings. The van der Waals surface area contributed by atoms with Gasteiger partial charge >= 0.3 is 0 Å². The standard InChI is InChI=1S/C23H38N2O/c1-22(2)13-20-14-23(3,16-22)17-25(20)21(26)19-9-11-24(12-10-19)15-18-7-5-4-6-8-18/h4-5,18-20H,6-17H2,1-3H3/t18-,20+,23-/m1/s1. The van der Waals surface area contributed by atoms with E-state index in [0.29, 0.717) is 22.8 Å². The average Bonchev–Trinajstić information content (AvgIpc) is 2.85. The molecule has 2 aliphatic heterocycles. The highest BCUT2D eigenvalue weighted by Crippen LogP contribution is 2.52. The van der Waals surface area contributed by atoms with Crippen molar-refractivity contribution in [2.45, 2.75) is 78.2 Å². The van der Waals surface area contributed by atoms with Crippen LogP contribution in [0.15, 0.2) is 12.2 Å². The summed E-state index contributed by atoms with van der Waals surface area (Å²) in [5.74, 6) is 1.60. The maximum atomic E-state index is 13.3. The maximum absolute atomic E-state index is 13.3. The number of allylic oxidation sites excluding steroid dienone is 2. The maximum Gasteiger partial charge on any atom is 0.226 e. The number of likely N-dealkylation sites (tertiary alicyclic amines) is 2. The van der Waals surface area contributed by atoms with Crippen LogP contribution in [0.25, 0.3) is 0 Å². The summed E-state index contributed by atoms with van der Waals surface area (Å²) >= 11 is 0. The largest absolute Gasteiger partial charge is 0.339 e. The third-order valence-electron chi connectivity index (χ3n) is 7.53. The SMILES string of the molecule is CC1(C)C[C@H]2C[C@@](C)(CN2C(=O)C2CCN(C[C@@H]3CC=CCC3)CC2)C1. The van der Waals surface area contributed by atoms with Gasteiger partial charge in [0, 0.05) is 25.0 Å². The second-order valence-corrected chi connectivity index (χ2v) is 10.9. The molecule has 2 bridgehead atoms. The summed E-state index contributed by atoms with van der Waals surface area (Å²) in [5.41, 5.74) is 0.752. The molecule has 0 unspecified atom stereocenters. The van der Waals surface area contributed by atoms with Crippen LogP contribution in [-0.4, -0.2) is 47.9 Å². The number of piperidine rings is 1. The molecule has 26 heavy (non-hydrogen) atoms. The van der Waals surface area contributed by atoms with Crippen molar-refractivity contribution < 1.29 is 4.79 Å². The third kappa shape index (κ3) is 3.88. The van der Waals surface area contributed by atoms with E-state index in [-0.39, 0.29) is 5.92 Å². The number of amides is 1. The summed E-state index contributed by atoms with van der Waals surface area (Å²) in [6.07, 6.45) is 14.4. The minimum atomic E-state index is 0.281. The van der Waals surface area contributed by atoms with E-state index in [9.17, 15) is 4.79 Å². The van der Waals surface area contributed by atoms with E-state index >= 15 is 0 Å². The smallest absolute Gasteiger partial charge is 0.226 e. The number of hydrogen-bond acceptors (Lipinski definition) is 2. The Labute approximate surface area is 160 Å². The highest BCUT2D eigenvalue weighted by Gasteiger charge is 2.51. The molecule has 146 valence electrons. The Balaban J connectivity index is 1.31. The second-order valence-electron chi connectivity index (χ2n) is 10.9. The predicted octanol–water partition coefficient (Wildman–Crippen LogP) is 4.48. The monoisotopic (exact) mass is 358 g/mol. The van der Waals surface area contributed by atoms with Crippen molar-refractivity contribution in [2.24, 2.45) is 22.7 Å². The Morgan fingerprint density at radius 2 is 1.85 bits per heavy atom. The van der Waals surface area contributed by atoms with Gasteiger partial charge in [0.05, 0.1) is 0 Å². The fourth-order valence-electron chi connectivity index (χ4n) is 6.70. The number of rotatable bonds is 3. The fourth-order valence-corrected chi connectivity index (χ4v) is 6.70. The van der Waals surface area contributed by atoms with Crippen molar-refractivity contribution in [3.05, 3.63) is 12.2 Å². The van der Waals surface area contributed by atoms with Gasteiger partial charge in [0.2, 0.25) is 5.91 Å². The Bertz CT molecular complexity index is 561. The summed E-state index contributed by atoms with van der Waals surface area (Å²) in [4.78, 5) is 18.2. The van der Waals surface area contributed by atoms with Crippen LogP contribution in [0.5, 0.6) is 0 Å². The van der Waals surface area contributed by atoms with Crippen LogP contribution in [0, 0.1) is 22.7 Å². The minimum Gasteiger partial charge on any atom is -0.339 e. The van der Waals surface area contributed by atoms with Gasteiger partial charge in [-0.15, -0.1) is 0 Å². The molecule has 2 aliphatic carbocycles. The number of carbonyl (C=O) groups is 1. The summed E-state index contributed by atoms with van der Waals surface area (Å²) in [5, 5.41) is 0. The molecule has 1 amide bonds. The van der Waals surface area contributed by atoms with Gasteiger partial charge in [0.1, 0.15) is 0 Å². The van der Waals surface area contributed by atoms with Gasteiger partial charge in [-0.1, -0.05) is 32.9 Å². The highest BCUT2D eigenvalue weighted by molar-refractivity contribution is 5.79. The van der Waals surface area contributed by atoms with Crippen molar-refractivity contribution in [3.63, 3.8) is 0 Å². The average molecular weight is 359 g/mol. The van der Waals surface area contributed by atoms with Crippen LogP contribution in [0.3, 0.4) is 0 Å². The number of fused-ring (bicyclic) bond motifs is 2. The van der Waals surface area contributed by atoms with Crippen molar-refractivity contribution in [1.29, 1.82) is 0 Å². The molecule has 3 atom stereocenters. The van der Waals surface area contributed by atoms with Crippen LogP contribution in [0.1, 0.15) is 72.1 Å². The molecule has 0 aromatic rings. The zero-order chi connectivity index (χ0) is 18.4. The number of carbonyl (C=O) groups excluding carboxylic acids is 1. The summed E-state index contributed by atoms with van der Waals surface area (Å²) in [6, 6.07) is 0.503. The lowest BCUT2D eigenvalue weighted by Gasteiger charge is -2.40. The van der Waals surface area contributed by atoms with Gasteiger partial charge in [0.25, 0.3) is 0 Å². The minimum absolute atomic E-state index is 0.281. The van der Waals surface area contributed by atoms with Crippen molar-refractivity contribution in [1.82, 2.24) is 9.80 Å². The fraction of sp³-hybridized carbons (Fsp3) is 0.870. The Kier molecular flexibility index (Phi) is 4.96. The van der Waals surface area contributed by atoms with E-state index in [4.69, 9.17) is 0 Å². The van der Waals surface area contributed by atoms with Crippen LogP contribution in [-0.2, 0) is 4.79 Å². The third-order valence-corrected chi connectivity index (χ3v) is 7.53. The van der Waals surface area contributed by atoms with Gasteiger partial charge in [-0.25, -0.2) is 0 Å². The molecule has 1 saturated carbocycles. The summed E-state index contributed by atoms with van der Waals surface area (Å²) in [6.45, 7) is 11.7. The van der Waals surface area contributed by atoms with Crippen LogP contribution in [0.4, 0.5) is 0 Å². The first-order valence-electron chi connectivity index (χ1n) is 11.0. The lowest BCUT2D eigenvalue weighted by atomic mass is 9.65. The normalized spacial score (nSPS) is 37.9. The first-order valence-corrected chi connectivity index (χ1v) is 11.0. The van der Waals surface area contributed by atoms with E-state index < -0.39 is 0 Å². The molecule has 2 heterocycles. The molecule has 0 spiro atoms. The molecule has 4 rings (SSSR count). The molecule has 3 heteroatoms. The number of hydrogen-bond donors (Lipinski definition) is 0. The Morgan fingerprint density at radius 1 is 1.08 bits per heavy atom. The molecule has 0 N–H and O–H groups in total. The molecule has 3 fully saturated rings. The summed E-state index contributed by atoms with van der Waals surface area (Å²) < 4.78 is 0. The summed E-state index contributed by atoms with van der Waals surface area (Å²) in [7, 11) is 0. The molecule has 2 saturated heterocycles. The molecule has 0 radical (unpaired) electrons. The van der Waals surface area contributed by atoms with E-state index in [2.05, 4.69) is 42.7 Å². The first kappa shape index (κ1) is 18.5. The molecule has 3 nitrogen and oxygen atoms in total. The van der Waals surface area contributed by atoms with Crippen molar-refractivity contribution in [3.8, 4) is 0 Å². The van der Waals surface area contributed by atoms with Crippen LogP contribution < -0.4 is 0 Å². The van der Waals surface area contributed by atoms with E-state index in [1.807, 2.05) is 0 Å². The van der Waals surface area contributed by atoms with Crippen molar-refractivity contribution in [2.75, 3.05) is 26.2 Å². The highest BCUT2D eigenvalue weighted by atomic mass is 16.2. The molecular formula is C23H38N2O. The second kappa shape index (κ2) is 6.96. The number of nitrogens with zero attached hydrogens (tertiary/aromatic N) is 2. The van der Waals surface area contributed by atoms with Gasteiger partial charge in [0.15, 0.2) is 0 Å². The van der Waals surface area contributed by atoms with Crippen LogP contribution in [0.2, 0.25) is 0 Å². The van der Waals surface area contributed by atoms with Crippen molar-refractivity contribution >= 4 is 5.91 Å². The molecule has 0 aromatic heterocycles. The van der Waals surface area contributed by atoms with Gasteiger partial charge in [-0.3, -0.25) is 4.79 Å². The van der Waals surface area contributed by atoms with E-state index in [1.54, 1.807) is 0 Å². The first-order chi connectivity index (χ1) is 12.3. The van der Waals surface area contributed by atoms with E-state index in [1.165, 1.54) is 45.1 Å². The molecular weight excluding hydrogens is 320 g/mol.